The molecule has 2 rings (SSSR count). The highest BCUT2D eigenvalue weighted by Gasteiger charge is 2.07. The zero-order valence-electron chi connectivity index (χ0n) is 11.1. The maximum atomic E-state index is 11.6. The van der Waals surface area contributed by atoms with Gasteiger partial charge in [0.25, 0.3) is 0 Å². The summed E-state index contributed by atoms with van der Waals surface area (Å²) in [4.78, 5) is 24.2. The lowest BCUT2D eigenvalue weighted by molar-refractivity contribution is -0.118. The Kier molecular flexibility index (Phi) is 5.77. The van der Waals surface area contributed by atoms with E-state index in [1.54, 1.807) is 11.3 Å². The van der Waals surface area contributed by atoms with Gasteiger partial charge in [-0.15, -0.1) is 11.3 Å². The number of halogens is 1. The molecule has 1 aromatic carbocycles. The van der Waals surface area contributed by atoms with E-state index in [1.807, 2.05) is 41.8 Å². The van der Waals surface area contributed by atoms with Crippen molar-refractivity contribution in [2.45, 2.75) is 6.54 Å². The molecule has 21 heavy (non-hydrogen) atoms. The molecule has 0 saturated heterocycles. The van der Waals surface area contributed by atoms with Crippen LogP contribution in [0.3, 0.4) is 0 Å². The summed E-state index contributed by atoms with van der Waals surface area (Å²) < 4.78 is 0.963. The smallest absolute Gasteiger partial charge is 0.321 e. The number of thiophene rings is 1. The molecule has 110 valence electrons. The predicted molar refractivity (Wildman–Crippen MR) is 87.3 cm³/mol. The van der Waals surface area contributed by atoms with E-state index in [-0.39, 0.29) is 12.5 Å². The van der Waals surface area contributed by atoms with Crippen LogP contribution >= 0.6 is 27.3 Å². The fourth-order valence-corrected chi connectivity index (χ4v) is 2.45. The third-order valence-electron chi connectivity index (χ3n) is 2.55. The van der Waals surface area contributed by atoms with E-state index in [2.05, 4.69) is 31.9 Å². The van der Waals surface area contributed by atoms with Crippen LogP contribution in [0, 0.1) is 0 Å². The summed E-state index contributed by atoms with van der Waals surface area (Å²) in [5.74, 6) is -0.387. The lowest BCUT2D eigenvalue weighted by atomic mass is 10.3. The van der Waals surface area contributed by atoms with Crippen molar-refractivity contribution in [2.75, 3.05) is 11.9 Å². The van der Waals surface area contributed by atoms with Gasteiger partial charge < -0.3 is 10.6 Å². The Balaban J connectivity index is 1.68. The molecule has 7 heteroatoms. The molecule has 0 fully saturated rings. The van der Waals surface area contributed by atoms with Gasteiger partial charge in [0.05, 0.1) is 13.1 Å². The number of nitrogens with one attached hydrogen (secondary N) is 3. The number of hydrogen-bond acceptors (Lipinski definition) is 4. The Morgan fingerprint density at radius 1 is 1.14 bits per heavy atom. The van der Waals surface area contributed by atoms with Crippen molar-refractivity contribution in [3.8, 4) is 0 Å². The van der Waals surface area contributed by atoms with E-state index >= 15 is 0 Å². The van der Waals surface area contributed by atoms with Crippen LogP contribution in [0.5, 0.6) is 0 Å². The number of hydrogen-bond donors (Lipinski definition) is 3. The Hall–Kier alpha value is -1.86. The van der Waals surface area contributed by atoms with E-state index in [0.29, 0.717) is 6.54 Å². The molecule has 0 unspecified atom stereocenters. The molecule has 0 radical (unpaired) electrons. The number of amides is 3. The maximum absolute atomic E-state index is 11.6. The molecule has 0 aliphatic carbocycles. The van der Waals surface area contributed by atoms with Crippen molar-refractivity contribution in [1.29, 1.82) is 0 Å². The lowest BCUT2D eigenvalue weighted by Gasteiger charge is -2.08. The molecule has 3 N–H and O–H groups in total. The monoisotopic (exact) mass is 367 g/mol. The SMILES string of the molecule is O=C(CNc1ccc(Br)cc1)NC(=O)NCc1cccs1. The molecular formula is C14H14BrN3O2S. The van der Waals surface area contributed by atoms with Crippen molar-refractivity contribution in [3.05, 3.63) is 51.1 Å². The third-order valence-corrected chi connectivity index (χ3v) is 3.96. The van der Waals surface area contributed by atoms with Gasteiger partial charge in [-0.1, -0.05) is 22.0 Å². The van der Waals surface area contributed by atoms with Crippen molar-refractivity contribution in [3.63, 3.8) is 0 Å². The van der Waals surface area contributed by atoms with E-state index in [1.165, 1.54) is 0 Å². The highest BCUT2D eigenvalue weighted by Crippen LogP contribution is 2.13. The molecule has 1 aromatic heterocycles. The number of urea groups is 1. The predicted octanol–water partition coefficient (Wildman–Crippen LogP) is 2.95. The highest BCUT2D eigenvalue weighted by molar-refractivity contribution is 9.10. The quantitative estimate of drug-likeness (QED) is 0.760. The van der Waals surface area contributed by atoms with Crippen LogP contribution in [0.1, 0.15) is 4.88 Å². The van der Waals surface area contributed by atoms with Crippen LogP contribution in [0.15, 0.2) is 46.3 Å². The number of carbonyl (C=O) groups is 2. The van der Waals surface area contributed by atoms with Crippen molar-refractivity contribution < 1.29 is 9.59 Å². The first-order chi connectivity index (χ1) is 10.1. The normalized spacial score (nSPS) is 9.95. The summed E-state index contributed by atoms with van der Waals surface area (Å²) in [5, 5.41) is 9.76. The fraction of sp³-hybridized carbons (Fsp3) is 0.143. The number of rotatable bonds is 5. The molecule has 0 atom stereocenters. The minimum atomic E-state index is -0.494. The molecular weight excluding hydrogens is 354 g/mol. The standard InChI is InChI=1S/C14H14BrN3O2S/c15-10-3-5-11(6-4-10)16-9-13(19)18-14(20)17-8-12-2-1-7-21-12/h1-7,16H,8-9H2,(H2,17,18,19,20). The second kappa shape index (κ2) is 7.80. The van der Waals surface area contributed by atoms with Gasteiger partial charge in [-0.3, -0.25) is 10.1 Å². The number of anilines is 1. The van der Waals surface area contributed by atoms with Crippen LogP contribution in [0.25, 0.3) is 0 Å². The topological polar surface area (TPSA) is 70.2 Å². The second-order valence-electron chi connectivity index (χ2n) is 4.17. The molecule has 0 saturated carbocycles. The van der Waals surface area contributed by atoms with E-state index in [9.17, 15) is 9.59 Å². The summed E-state index contributed by atoms with van der Waals surface area (Å²) in [6.45, 7) is 0.449. The van der Waals surface area contributed by atoms with E-state index < -0.39 is 6.03 Å². The van der Waals surface area contributed by atoms with Gasteiger partial charge in [0.15, 0.2) is 0 Å². The van der Waals surface area contributed by atoms with Gasteiger partial charge in [-0.2, -0.15) is 0 Å². The molecule has 5 nitrogen and oxygen atoms in total. The Bertz CT molecular complexity index is 599. The van der Waals surface area contributed by atoms with Crippen LogP contribution in [-0.2, 0) is 11.3 Å². The Morgan fingerprint density at radius 2 is 1.90 bits per heavy atom. The van der Waals surface area contributed by atoms with Gasteiger partial charge >= 0.3 is 6.03 Å². The van der Waals surface area contributed by atoms with Gasteiger partial charge in [0.2, 0.25) is 5.91 Å². The molecule has 2 aromatic rings. The average molecular weight is 368 g/mol. The number of imide groups is 1. The minimum Gasteiger partial charge on any atom is -0.376 e. The molecule has 3 amide bonds. The second-order valence-corrected chi connectivity index (χ2v) is 6.12. The van der Waals surface area contributed by atoms with Gasteiger partial charge in [0.1, 0.15) is 0 Å². The summed E-state index contributed by atoms with van der Waals surface area (Å²) in [7, 11) is 0. The average Bonchev–Trinajstić information content (AvgIpc) is 2.98. The Morgan fingerprint density at radius 3 is 2.57 bits per heavy atom. The zero-order chi connectivity index (χ0) is 15.1. The van der Waals surface area contributed by atoms with E-state index in [4.69, 9.17) is 0 Å². The molecule has 1 heterocycles. The van der Waals surface area contributed by atoms with E-state index in [0.717, 1.165) is 15.0 Å². The molecule has 0 aliphatic rings. The first kappa shape index (κ1) is 15.5. The minimum absolute atomic E-state index is 0.0358. The van der Waals surface area contributed by atoms with Crippen molar-refractivity contribution in [2.24, 2.45) is 0 Å². The molecule has 0 spiro atoms. The highest BCUT2D eigenvalue weighted by atomic mass is 79.9. The summed E-state index contributed by atoms with van der Waals surface area (Å²) >= 11 is 4.88. The molecule has 0 aliphatic heterocycles. The van der Waals surface area contributed by atoms with Gasteiger partial charge in [-0.05, 0) is 35.7 Å². The summed E-state index contributed by atoms with van der Waals surface area (Å²) in [6, 6.07) is 10.8. The third kappa shape index (κ3) is 5.57. The fourth-order valence-electron chi connectivity index (χ4n) is 1.55. The van der Waals surface area contributed by atoms with Crippen LogP contribution in [0.2, 0.25) is 0 Å². The van der Waals surface area contributed by atoms with Crippen LogP contribution in [0.4, 0.5) is 10.5 Å². The molecule has 0 bridgehead atoms. The largest absolute Gasteiger partial charge is 0.376 e. The van der Waals surface area contributed by atoms with Crippen LogP contribution < -0.4 is 16.0 Å². The zero-order valence-corrected chi connectivity index (χ0v) is 13.5. The van der Waals surface area contributed by atoms with Gasteiger partial charge in [-0.25, -0.2) is 4.79 Å². The lowest BCUT2D eigenvalue weighted by Crippen LogP contribution is -2.41. The van der Waals surface area contributed by atoms with Crippen LogP contribution in [-0.4, -0.2) is 18.5 Å². The summed E-state index contributed by atoms with van der Waals surface area (Å²) in [6.07, 6.45) is 0. The first-order valence-electron chi connectivity index (χ1n) is 6.23. The summed E-state index contributed by atoms with van der Waals surface area (Å²) in [5.41, 5.74) is 0.812. The van der Waals surface area contributed by atoms with Gasteiger partial charge in [0, 0.05) is 15.0 Å². The Labute approximate surface area is 134 Å². The van der Waals surface area contributed by atoms with Crippen molar-refractivity contribution >= 4 is 44.9 Å². The first-order valence-corrected chi connectivity index (χ1v) is 7.90. The number of benzene rings is 1. The number of carbonyl (C=O) groups excluding carboxylic acids is 2. The van der Waals surface area contributed by atoms with Crippen molar-refractivity contribution in [1.82, 2.24) is 10.6 Å². The maximum Gasteiger partial charge on any atom is 0.321 e.